The average Bonchev–Trinajstić information content (AvgIpc) is 2.76. The first kappa shape index (κ1) is 22.6. The van der Waals surface area contributed by atoms with Crippen LogP contribution < -0.4 is 14.5 Å². The summed E-state index contributed by atoms with van der Waals surface area (Å²) in [5, 5.41) is 0.711. The molecule has 0 N–H and O–H groups in total. The van der Waals surface area contributed by atoms with Crippen LogP contribution in [0, 0.1) is 13.8 Å². The van der Waals surface area contributed by atoms with E-state index in [9.17, 15) is 4.79 Å². The van der Waals surface area contributed by atoms with Gasteiger partial charge in [0, 0.05) is 31.0 Å². The number of hydrogen-bond acceptors (Lipinski definition) is 4. The Balaban J connectivity index is 1.84. The molecule has 0 saturated carbocycles. The minimum Gasteiger partial charge on any atom is -0.481 e. The first-order valence-corrected chi connectivity index (χ1v) is 10.6. The van der Waals surface area contributed by atoms with Crippen molar-refractivity contribution < 1.29 is 9.53 Å². The Morgan fingerprint density at radius 3 is 2.26 bits per heavy atom. The number of anilines is 2. The summed E-state index contributed by atoms with van der Waals surface area (Å²) < 4.78 is 6.00. The van der Waals surface area contributed by atoms with E-state index in [-0.39, 0.29) is 5.91 Å². The molecule has 162 valence electrons. The monoisotopic (exact) mass is 437 g/mol. The fourth-order valence-corrected chi connectivity index (χ4v) is 3.42. The molecule has 1 aromatic heterocycles. The minimum absolute atomic E-state index is 0.166. The summed E-state index contributed by atoms with van der Waals surface area (Å²) >= 11 is 6.26. The van der Waals surface area contributed by atoms with Gasteiger partial charge in [0.15, 0.2) is 6.10 Å². The van der Waals surface area contributed by atoms with Gasteiger partial charge >= 0.3 is 0 Å². The number of carbonyl (C=O) groups is 1. The molecule has 31 heavy (non-hydrogen) atoms. The van der Waals surface area contributed by atoms with Gasteiger partial charge in [0.2, 0.25) is 0 Å². The lowest BCUT2D eigenvalue weighted by Crippen LogP contribution is -2.40. The van der Waals surface area contributed by atoms with Crippen molar-refractivity contribution in [2.24, 2.45) is 0 Å². The molecule has 3 rings (SSSR count). The van der Waals surface area contributed by atoms with Crippen LogP contribution >= 0.6 is 11.6 Å². The van der Waals surface area contributed by atoms with Gasteiger partial charge in [-0.3, -0.25) is 9.69 Å². The first-order chi connectivity index (χ1) is 14.8. The molecule has 0 saturated heterocycles. The quantitative estimate of drug-likeness (QED) is 0.495. The number of halogens is 1. The highest BCUT2D eigenvalue weighted by Gasteiger charge is 2.25. The molecular formula is C25H28ClN3O2. The van der Waals surface area contributed by atoms with Crippen LogP contribution in [0.4, 0.5) is 11.5 Å². The Bertz CT molecular complexity index is 1010. The van der Waals surface area contributed by atoms with Crippen LogP contribution in [0.1, 0.15) is 23.6 Å². The normalized spacial score (nSPS) is 11.7. The van der Waals surface area contributed by atoms with E-state index >= 15 is 0 Å². The molecule has 0 aliphatic heterocycles. The second-order valence-corrected chi connectivity index (χ2v) is 8.18. The first-order valence-electron chi connectivity index (χ1n) is 10.2. The summed E-state index contributed by atoms with van der Waals surface area (Å²) in [6, 6.07) is 17.4. The number of aryl methyl sites for hydroxylation is 2. The molecule has 6 heteroatoms. The minimum atomic E-state index is -0.692. The number of rotatable bonds is 7. The highest BCUT2D eigenvalue weighted by Crippen LogP contribution is 2.27. The Morgan fingerprint density at radius 2 is 1.71 bits per heavy atom. The maximum atomic E-state index is 13.4. The second kappa shape index (κ2) is 9.84. The molecule has 1 atom stereocenters. The molecule has 3 aromatic rings. The Kier molecular flexibility index (Phi) is 7.18. The van der Waals surface area contributed by atoms with E-state index in [0.29, 0.717) is 23.1 Å². The SMILES string of the molecule is Cc1cc(O[C@H](C)C(=O)N(Cc2ccc(N(C)C)cc2)c2ccccn2)cc(C)c1Cl. The zero-order valence-corrected chi connectivity index (χ0v) is 19.3. The van der Waals surface area contributed by atoms with Gasteiger partial charge in [0.25, 0.3) is 5.91 Å². The fourth-order valence-electron chi connectivity index (χ4n) is 3.32. The lowest BCUT2D eigenvalue weighted by atomic mass is 10.1. The smallest absolute Gasteiger partial charge is 0.269 e. The Morgan fingerprint density at radius 1 is 1.06 bits per heavy atom. The van der Waals surface area contributed by atoms with E-state index in [1.54, 1.807) is 18.0 Å². The third-order valence-corrected chi connectivity index (χ3v) is 5.65. The highest BCUT2D eigenvalue weighted by atomic mass is 35.5. The predicted octanol–water partition coefficient (Wildman–Crippen LogP) is 5.42. The van der Waals surface area contributed by atoms with E-state index < -0.39 is 6.10 Å². The largest absolute Gasteiger partial charge is 0.481 e. The van der Waals surface area contributed by atoms with E-state index in [0.717, 1.165) is 22.4 Å². The van der Waals surface area contributed by atoms with Crippen molar-refractivity contribution in [1.29, 1.82) is 0 Å². The number of nitrogens with zero attached hydrogens (tertiary/aromatic N) is 3. The van der Waals surface area contributed by atoms with Gasteiger partial charge < -0.3 is 9.64 Å². The summed E-state index contributed by atoms with van der Waals surface area (Å²) in [5.74, 6) is 1.04. The number of amides is 1. The van der Waals surface area contributed by atoms with Crippen LogP contribution in [0.5, 0.6) is 5.75 Å². The molecule has 0 fully saturated rings. The summed E-state index contributed by atoms with van der Waals surface area (Å²) in [5.41, 5.74) is 3.94. The molecule has 0 spiro atoms. The van der Waals surface area contributed by atoms with Crippen molar-refractivity contribution in [3.8, 4) is 5.75 Å². The van der Waals surface area contributed by atoms with E-state index in [2.05, 4.69) is 4.98 Å². The number of carbonyl (C=O) groups excluding carboxylic acids is 1. The maximum Gasteiger partial charge on any atom is 0.269 e. The molecule has 5 nitrogen and oxygen atoms in total. The van der Waals surface area contributed by atoms with E-state index in [1.807, 2.05) is 87.4 Å². The molecule has 0 radical (unpaired) electrons. The third-order valence-electron chi connectivity index (χ3n) is 5.06. The average molecular weight is 438 g/mol. The van der Waals surface area contributed by atoms with Gasteiger partial charge in [-0.25, -0.2) is 4.98 Å². The zero-order chi connectivity index (χ0) is 22.5. The lowest BCUT2D eigenvalue weighted by molar-refractivity contribution is -0.124. The Hall–Kier alpha value is -3.05. The molecule has 2 aromatic carbocycles. The van der Waals surface area contributed by atoms with Crippen LogP contribution in [0.25, 0.3) is 0 Å². The van der Waals surface area contributed by atoms with Gasteiger partial charge in [0.05, 0.1) is 6.54 Å². The van der Waals surface area contributed by atoms with Gasteiger partial charge in [-0.05, 0) is 73.9 Å². The summed E-state index contributed by atoms with van der Waals surface area (Å²) in [6.45, 7) is 6.00. The maximum absolute atomic E-state index is 13.4. The standard InChI is InChI=1S/C25H28ClN3O2/c1-17-14-22(15-18(2)24(17)26)31-19(3)25(30)29(23-8-6-7-13-27-23)16-20-9-11-21(12-10-20)28(4)5/h6-15,19H,16H2,1-5H3/t19-/m1/s1. The number of ether oxygens (including phenoxy) is 1. The topological polar surface area (TPSA) is 45.7 Å². The number of aromatic nitrogens is 1. The number of pyridine rings is 1. The molecular weight excluding hydrogens is 410 g/mol. The molecule has 0 unspecified atom stereocenters. The van der Waals surface area contributed by atoms with Crippen LogP contribution in [-0.2, 0) is 11.3 Å². The van der Waals surface area contributed by atoms with Crippen molar-refractivity contribution in [3.63, 3.8) is 0 Å². The van der Waals surface area contributed by atoms with E-state index in [1.165, 1.54) is 0 Å². The molecule has 1 amide bonds. The summed E-state index contributed by atoms with van der Waals surface area (Å²) in [4.78, 5) is 21.5. The number of benzene rings is 2. The van der Waals surface area contributed by atoms with E-state index in [4.69, 9.17) is 16.3 Å². The summed E-state index contributed by atoms with van der Waals surface area (Å²) in [7, 11) is 4.00. The zero-order valence-electron chi connectivity index (χ0n) is 18.6. The summed E-state index contributed by atoms with van der Waals surface area (Å²) in [6.07, 6.45) is 0.991. The van der Waals surface area contributed by atoms with Crippen molar-refractivity contribution in [2.75, 3.05) is 23.9 Å². The lowest BCUT2D eigenvalue weighted by Gasteiger charge is -2.26. The molecule has 1 heterocycles. The second-order valence-electron chi connectivity index (χ2n) is 7.80. The number of hydrogen-bond donors (Lipinski definition) is 0. The van der Waals surface area contributed by atoms with Crippen LogP contribution in [0.2, 0.25) is 5.02 Å². The predicted molar refractivity (Wildman–Crippen MR) is 127 cm³/mol. The van der Waals surface area contributed by atoms with Crippen LogP contribution in [-0.4, -0.2) is 31.1 Å². The third kappa shape index (κ3) is 5.56. The van der Waals surface area contributed by atoms with Crippen molar-refractivity contribution in [1.82, 2.24) is 4.98 Å². The fraction of sp³-hybridized carbons (Fsp3) is 0.280. The van der Waals surface area contributed by atoms with Gasteiger partial charge in [-0.15, -0.1) is 0 Å². The molecule has 0 aliphatic carbocycles. The van der Waals surface area contributed by atoms with Gasteiger partial charge in [-0.2, -0.15) is 0 Å². The van der Waals surface area contributed by atoms with Crippen molar-refractivity contribution >= 4 is 29.0 Å². The van der Waals surface area contributed by atoms with Gasteiger partial charge in [0.1, 0.15) is 11.6 Å². The van der Waals surface area contributed by atoms with Crippen molar-refractivity contribution in [3.05, 3.63) is 82.5 Å². The highest BCUT2D eigenvalue weighted by molar-refractivity contribution is 6.32. The van der Waals surface area contributed by atoms with Gasteiger partial charge in [-0.1, -0.05) is 29.8 Å². The molecule has 0 bridgehead atoms. The van der Waals surface area contributed by atoms with Crippen molar-refractivity contribution in [2.45, 2.75) is 33.4 Å². The Labute approximate surface area is 189 Å². The van der Waals surface area contributed by atoms with Crippen LogP contribution in [0.3, 0.4) is 0 Å². The van der Waals surface area contributed by atoms with Crippen LogP contribution in [0.15, 0.2) is 60.8 Å². The molecule has 0 aliphatic rings.